The third-order valence-corrected chi connectivity index (χ3v) is 4.41. The fourth-order valence-corrected chi connectivity index (χ4v) is 3.00. The van der Waals surface area contributed by atoms with E-state index >= 15 is 0 Å². The number of thioether (sulfide) groups is 1. The first-order valence-electron chi connectivity index (χ1n) is 6.55. The number of carbonyl (C=O) groups is 2. The lowest BCUT2D eigenvalue weighted by molar-refractivity contribution is -0.118. The molecule has 0 spiro atoms. The topological polar surface area (TPSA) is 113 Å². The van der Waals surface area contributed by atoms with E-state index < -0.39 is 12.1 Å². The third kappa shape index (κ3) is 4.50. The van der Waals surface area contributed by atoms with Crippen LogP contribution < -0.4 is 16.4 Å². The van der Waals surface area contributed by atoms with Crippen molar-refractivity contribution in [3.8, 4) is 10.6 Å². The van der Waals surface area contributed by atoms with E-state index in [4.69, 9.17) is 5.73 Å². The molecule has 22 heavy (non-hydrogen) atoms. The molecule has 1 atom stereocenters. The van der Waals surface area contributed by atoms with Gasteiger partial charge >= 0.3 is 6.03 Å². The predicted molar refractivity (Wildman–Crippen MR) is 90.0 cm³/mol. The van der Waals surface area contributed by atoms with Crippen molar-refractivity contribution in [2.75, 3.05) is 17.3 Å². The summed E-state index contributed by atoms with van der Waals surface area (Å²) in [6.07, 6.45) is 2.43. The van der Waals surface area contributed by atoms with Crippen LogP contribution in [0.3, 0.4) is 0 Å². The molecule has 2 heterocycles. The largest absolute Gasteiger partial charge is 0.352 e. The number of carbonyl (C=O) groups excluding carboxylic acids is 2. The minimum absolute atomic E-state index is 0.336. The average Bonchev–Trinajstić information content (AvgIpc) is 3.13. The lowest BCUT2D eigenvalue weighted by Crippen LogP contribution is -2.46. The molecule has 0 radical (unpaired) electrons. The van der Waals surface area contributed by atoms with E-state index in [1.165, 1.54) is 0 Å². The van der Waals surface area contributed by atoms with Crippen molar-refractivity contribution in [1.82, 2.24) is 15.5 Å². The van der Waals surface area contributed by atoms with E-state index in [1.807, 2.05) is 23.8 Å². The molecule has 3 amide bonds. The molecular weight excluding hydrogens is 322 g/mol. The van der Waals surface area contributed by atoms with Gasteiger partial charge in [-0.1, -0.05) is 6.07 Å². The molecule has 2 rings (SSSR count). The zero-order valence-electron chi connectivity index (χ0n) is 12.0. The van der Waals surface area contributed by atoms with Crippen LogP contribution >= 0.6 is 23.1 Å². The molecule has 9 heteroatoms. The van der Waals surface area contributed by atoms with Crippen LogP contribution in [0.25, 0.3) is 10.6 Å². The molecule has 0 unspecified atom stereocenters. The maximum atomic E-state index is 12.2. The minimum atomic E-state index is -0.720. The second-order valence-electron chi connectivity index (χ2n) is 4.48. The fraction of sp³-hybridized carbons (Fsp3) is 0.308. The first kappa shape index (κ1) is 16.4. The number of aromatic amines is 1. The van der Waals surface area contributed by atoms with E-state index in [2.05, 4.69) is 20.8 Å². The highest BCUT2D eigenvalue weighted by molar-refractivity contribution is 7.98. The first-order valence-corrected chi connectivity index (χ1v) is 8.82. The molecule has 0 aliphatic heterocycles. The number of nitrogens with one attached hydrogen (secondary N) is 3. The highest BCUT2D eigenvalue weighted by Gasteiger charge is 2.20. The molecule has 2 aromatic heterocycles. The molecule has 0 saturated carbocycles. The molecule has 0 saturated heterocycles. The van der Waals surface area contributed by atoms with E-state index in [9.17, 15) is 9.59 Å². The van der Waals surface area contributed by atoms with Crippen LogP contribution in [0, 0.1) is 0 Å². The third-order valence-electron chi connectivity index (χ3n) is 2.86. The second kappa shape index (κ2) is 7.85. The number of hydrogen-bond acceptors (Lipinski definition) is 5. The van der Waals surface area contributed by atoms with Crippen molar-refractivity contribution in [2.45, 2.75) is 12.5 Å². The number of primary amides is 1. The summed E-state index contributed by atoms with van der Waals surface area (Å²) in [5, 5.41) is 14.0. The van der Waals surface area contributed by atoms with Gasteiger partial charge in [-0.25, -0.2) is 4.79 Å². The van der Waals surface area contributed by atoms with E-state index in [1.54, 1.807) is 29.2 Å². The summed E-state index contributed by atoms with van der Waals surface area (Å²) in [6.45, 7) is 0. The van der Waals surface area contributed by atoms with E-state index in [0.29, 0.717) is 12.2 Å². The summed E-state index contributed by atoms with van der Waals surface area (Å²) in [5.41, 5.74) is 5.93. The van der Waals surface area contributed by atoms with E-state index in [0.717, 1.165) is 16.3 Å². The van der Waals surface area contributed by atoms with Gasteiger partial charge in [0, 0.05) is 6.07 Å². The Labute approximate surface area is 136 Å². The van der Waals surface area contributed by atoms with Crippen LogP contribution in [0.1, 0.15) is 6.42 Å². The van der Waals surface area contributed by atoms with Gasteiger partial charge in [0.1, 0.15) is 6.04 Å². The number of urea groups is 1. The highest BCUT2D eigenvalue weighted by Crippen LogP contribution is 2.24. The molecule has 0 aliphatic rings. The number of rotatable bonds is 7. The Morgan fingerprint density at radius 1 is 1.55 bits per heavy atom. The quantitative estimate of drug-likeness (QED) is 0.616. The molecule has 2 aromatic rings. The lowest BCUT2D eigenvalue weighted by atomic mass is 10.2. The van der Waals surface area contributed by atoms with Crippen molar-refractivity contribution in [2.24, 2.45) is 5.73 Å². The van der Waals surface area contributed by atoms with E-state index in [-0.39, 0.29) is 5.91 Å². The molecule has 0 bridgehead atoms. The van der Waals surface area contributed by atoms with Crippen LogP contribution in [-0.2, 0) is 4.79 Å². The summed E-state index contributed by atoms with van der Waals surface area (Å²) in [4.78, 5) is 24.2. The van der Waals surface area contributed by atoms with Gasteiger partial charge in [-0.15, -0.1) is 11.3 Å². The van der Waals surface area contributed by atoms with Gasteiger partial charge in [0.25, 0.3) is 0 Å². The van der Waals surface area contributed by atoms with Gasteiger partial charge in [0.05, 0.1) is 10.6 Å². The van der Waals surface area contributed by atoms with Gasteiger partial charge < -0.3 is 16.4 Å². The minimum Gasteiger partial charge on any atom is -0.352 e. The van der Waals surface area contributed by atoms with Gasteiger partial charge in [0.2, 0.25) is 5.91 Å². The van der Waals surface area contributed by atoms with Gasteiger partial charge in [-0.3, -0.25) is 9.89 Å². The van der Waals surface area contributed by atoms with Crippen molar-refractivity contribution >= 4 is 40.9 Å². The van der Waals surface area contributed by atoms with Crippen molar-refractivity contribution < 1.29 is 9.59 Å². The Balaban J connectivity index is 2.01. The zero-order valence-corrected chi connectivity index (χ0v) is 13.6. The maximum absolute atomic E-state index is 12.2. The number of hydrogen-bond donors (Lipinski definition) is 4. The SMILES string of the molecule is CSCC[C@H](NC(N)=O)C(=O)Nc1cc(-c2cccs2)[nH]n1. The fourth-order valence-electron chi connectivity index (χ4n) is 1.83. The average molecular weight is 339 g/mol. The molecule has 0 aromatic carbocycles. The Bertz CT molecular complexity index is 626. The molecule has 118 valence electrons. The molecule has 0 fully saturated rings. The normalized spacial score (nSPS) is 11.9. The number of aromatic nitrogens is 2. The lowest BCUT2D eigenvalue weighted by Gasteiger charge is -2.15. The molecule has 5 N–H and O–H groups in total. The Morgan fingerprint density at radius 3 is 3.00 bits per heavy atom. The van der Waals surface area contributed by atoms with Crippen LogP contribution in [0.5, 0.6) is 0 Å². The number of amides is 3. The van der Waals surface area contributed by atoms with Crippen molar-refractivity contribution in [1.29, 1.82) is 0 Å². The number of nitrogens with zero attached hydrogens (tertiary/aromatic N) is 1. The number of thiophene rings is 1. The standard InChI is InChI=1S/C13H17N5O2S2/c1-21-6-4-8(15-13(14)20)12(19)16-11-7-9(17-18-11)10-3-2-5-22-10/h2-3,5,7-8H,4,6H2,1H3,(H3,14,15,20)(H2,16,17,18,19)/t8-/m0/s1. The summed E-state index contributed by atoms with van der Waals surface area (Å²) in [5.74, 6) is 0.810. The summed E-state index contributed by atoms with van der Waals surface area (Å²) >= 11 is 3.16. The van der Waals surface area contributed by atoms with Gasteiger partial charge in [0.15, 0.2) is 5.82 Å². The zero-order chi connectivity index (χ0) is 15.9. The summed E-state index contributed by atoms with van der Waals surface area (Å²) in [7, 11) is 0. The van der Waals surface area contributed by atoms with Crippen molar-refractivity contribution in [3.05, 3.63) is 23.6 Å². The van der Waals surface area contributed by atoms with Crippen LogP contribution in [0.4, 0.5) is 10.6 Å². The molecule has 0 aliphatic carbocycles. The predicted octanol–water partition coefficient (Wildman–Crippen LogP) is 1.87. The monoisotopic (exact) mass is 339 g/mol. The van der Waals surface area contributed by atoms with Crippen molar-refractivity contribution in [3.63, 3.8) is 0 Å². The van der Waals surface area contributed by atoms with Gasteiger partial charge in [-0.2, -0.15) is 16.9 Å². The first-order chi connectivity index (χ1) is 10.6. The number of anilines is 1. The Kier molecular flexibility index (Phi) is 5.84. The number of H-pyrrole nitrogens is 1. The van der Waals surface area contributed by atoms with Gasteiger partial charge in [-0.05, 0) is 29.9 Å². The van der Waals surface area contributed by atoms with Crippen LogP contribution in [0.15, 0.2) is 23.6 Å². The number of nitrogens with two attached hydrogens (primary N) is 1. The van der Waals surface area contributed by atoms with Crippen LogP contribution in [0.2, 0.25) is 0 Å². The summed E-state index contributed by atoms with van der Waals surface area (Å²) < 4.78 is 0. The molecular formula is C13H17N5O2S2. The smallest absolute Gasteiger partial charge is 0.312 e. The Morgan fingerprint density at radius 2 is 2.36 bits per heavy atom. The maximum Gasteiger partial charge on any atom is 0.312 e. The summed E-state index contributed by atoms with van der Waals surface area (Å²) in [6, 6.07) is 4.25. The Hall–Kier alpha value is -2.00. The second-order valence-corrected chi connectivity index (χ2v) is 6.41. The highest BCUT2D eigenvalue weighted by atomic mass is 32.2. The van der Waals surface area contributed by atoms with Crippen LogP contribution in [-0.4, -0.2) is 40.2 Å². The molecule has 7 nitrogen and oxygen atoms in total.